The minimum atomic E-state index is -3.58. The molecule has 3 N–H and O–H groups in total. The van der Waals surface area contributed by atoms with E-state index in [0.29, 0.717) is 19.0 Å². The smallest absolute Gasteiger partial charge is 0.242 e. The van der Waals surface area contributed by atoms with Crippen molar-refractivity contribution in [1.29, 1.82) is 0 Å². The summed E-state index contributed by atoms with van der Waals surface area (Å²) in [6.07, 6.45) is 2.86. The fourth-order valence-corrected chi connectivity index (χ4v) is 4.01. The van der Waals surface area contributed by atoms with Gasteiger partial charge in [0.2, 0.25) is 10.0 Å². The minimum absolute atomic E-state index is 0.0412. The maximum absolute atomic E-state index is 12.2. The summed E-state index contributed by atoms with van der Waals surface area (Å²) in [5, 5.41) is 8.98. The van der Waals surface area contributed by atoms with Crippen LogP contribution in [-0.2, 0) is 10.0 Å². The largest absolute Gasteiger partial charge is 0.357 e. The van der Waals surface area contributed by atoms with Gasteiger partial charge in [0.1, 0.15) is 4.90 Å². The van der Waals surface area contributed by atoms with Crippen LogP contribution in [0.5, 0.6) is 0 Å². The number of sulfonamides is 1. The average Bonchev–Trinajstić information content (AvgIpc) is 2.77. The highest BCUT2D eigenvalue weighted by atomic mass is 32.2. The Hall–Kier alpha value is -2.97. The van der Waals surface area contributed by atoms with Gasteiger partial charge in [-0.2, -0.15) is 0 Å². The first-order chi connectivity index (χ1) is 14.5. The van der Waals surface area contributed by atoms with Crippen molar-refractivity contribution in [2.75, 3.05) is 19.6 Å². The lowest BCUT2D eigenvalue weighted by Crippen LogP contribution is -2.39. The van der Waals surface area contributed by atoms with E-state index in [9.17, 15) is 8.42 Å². The summed E-state index contributed by atoms with van der Waals surface area (Å²) in [6, 6.07) is 17.8. The van der Waals surface area contributed by atoms with Crippen LogP contribution < -0.4 is 15.4 Å². The van der Waals surface area contributed by atoms with Crippen molar-refractivity contribution >= 4 is 26.8 Å². The Bertz CT molecular complexity index is 1100. The van der Waals surface area contributed by atoms with Crippen molar-refractivity contribution in [3.05, 3.63) is 72.6 Å². The number of nitrogens with one attached hydrogen (secondary N) is 3. The summed E-state index contributed by atoms with van der Waals surface area (Å²) in [6.45, 7) is 5.26. The molecule has 0 aliphatic rings. The van der Waals surface area contributed by atoms with Crippen LogP contribution in [0.25, 0.3) is 10.8 Å². The zero-order chi connectivity index (χ0) is 21.4. The van der Waals surface area contributed by atoms with Gasteiger partial charge in [0.05, 0.1) is 12.6 Å². The molecule has 0 fully saturated rings. The van der Waals surface area contributed by atoms with Crippen molar-refractivity contribution in [3.8, 4) is 0 Å². The molecular formula is C22H27N5O2S. The SMILES string of the molecule is CCNC(=NCCNS(=O)(=O)c1cccnc1)NC(C)c1ccc2ccccc2c1. The first-order valence-corrected chi connectivity index (χ1v) is 11.4. The molecule has 3 aromatic rings. The van der Waals surface area contributed by atoms with Crippen LogP contribution in [0, 0.1) is 0 Å². The van der Waals surface area contributed by atoms with E-state index in [1.54, 1.807) is 6.07 Å². The van der Waals surface area contributed by atoms with Crippen molar-refractivity contribution in [3.63, 3.8) is 0 Å². The second-order valence-corrected chi connectivity index (χ2v) is 8.59. The number of hydrogen-bond donors (Lipinski definition) is 3. The number of pyridine rings is 1. The molecular weight excluding hydrogens is 398 g/mol. The van der Waals surface area contributed by atoms with Crippen LogP contribution in [0.1, 0.15) is 25.5 Å². The summed E-state index contributed by atoms with van der Waals surface area (Å²) < 4.78 is 27.0. The Balaban J connectivity index is 1.61. The Morgan fingerprint density at radius 2 is 1.90 bits per heavy atom. The number of benzene rings is 2. The van der Waals surface area contributed by atoms with Crippen LogP contribution >= 0.6 is 0 Å². The number of hydrogen-bond acceptors (Lipinski definition) is 4. The lowest BCUT2D eigenvalue weighted by atomic mass is 10.0. The van der Waals surface area contributed by atoms with Crippen LogP contribution in [0.2, 0.25) is 0 Å². The fraction of sp³-hybridized carbons (Fsp3) is 0.273. The molecule has 0 bridgehead atoms. The summed E-state index contributed by atoms with van der Waals surface area (Å²) in [4.78, 5) is 8.48. The Morgan fingerprint density at radius 1 is 1.10 bits per heavy atom. The topological polar surface area (TPSA) is 95.5 Å². The molecule has 1 unspecified atom stereocenters. The lowest BCUT2D eigenvalue weighted by molar-refractivity contribution is 0.581. The van der Waals surface area contributed by atoms with Crippen molar-refractivity contribution < 1.29 is 8.42 Å². The molecule has 1 aromatic heterocycles. The Kier molecular flexibility index (Phi) is 7.37. The number of aromatic nitrogens is 1. The standard InChI is InChI=1S/C22H27N5O2S/c1-3-24-22(25-13-14-26-30(28,29)21-9-6-12-23-16-21)27-17(2)19-11-10-18-7-4-5-8-20(18)15-19/h4-12,15-17,26H,3,13-14H2,1-2H3,(H2,24,25,27). The number of aliphatic imine (C=N–C) groups is 1. The lowest BCUT2D eigenvalue weighted by Gasteiger charge is -2.18. The van der Waals surface area contributed by atoms with Crippen LogP contribution in [0.4, 0.5) is 0 Å². The maximum atomic E-state index is 12.2. The molecule has 2 aromatic carbocycles. The van der Waals surface area contributed by atoms with Crippen LogP contribution in [0.3, 0.4) is 0 Å². The van der Waals surface area contributed by atoms with Gasteiger partial charge in [-0.15, -0.1) is 0 Å². The first-order valence-electron chi connectivity index (χ1n) is 9.93. The van der Waals surface area contributed by atoms with Gasteiger partial charge in [-0.1, -0.05) is 36.4 Å². The Morgan fingerprint density at radius 3 is 2.63 bits per heavy atom. The van der Waals surface area contributed by atoms with Crippen molar-refractivity contribution in [2.45, 2.75) is 24.8 Å². The predicted octanol–water partition coefficient (Wildman–Crippen LogP) is 2.83. The number of guanidine groups is 1. The van der Waals surface area contributed by atoms with Gasteiger partial charge in [0, 0.05) is 25.5 Å². The number of nitrogens with zero attached hydrogens (tertiary/aromatic N) is 2. The molecule has 1 atom stereocenters. The van der Waals surface area contributed by atoms with E-state index >= 15 is 0 Å². The minimum Gasteiger partial charge on any atom is -0.357 e. The monoisotopic (exact) mass is 425 g/mol. The molecule has 3 rings (SSSR count). The van der Waals surface area contributed by atoms with E-state index in [2.05, 4.69) is 62.6 Å². The molecule has 158 valence electrons. The van der Waals surface area contributed by atoms with Gasteiger partial charge in [0.15, 0.2) is 5.96 Å². The zero-order valence-corrected chi connectivity index (χ0v) is 18.0. The molecule has 0 saturated carbocycles. The average molecular weight is 426 g/mol. The summed E-state index contributed by atoms with van der Waals surface area (Å²) in [7, 11) is -3.58. The molecule has 1 heterocycles. The number of rotatable bonds is 8. The normalized spacial score (nSPS) is 13.2. The van der Waals surface area contributed by atoms with E-state index in [-0.39, 0.29) is 17.5 Å². The van der Waals surface area contributed by atoms with Gasteiger partial charge in [-0.3, -0.25) is 9.98 Å². The van der Waals surface area contributed by atoms with Crippen molar-refractivity contribution in [2.24, 2.45) is 4.99 Å². The second kappa shape index (κ2) is 10.2. The van der Waals surface area contributed by atoms with Gasteiger partial charge in [-0.05, 0) is 48.4 Å². The van der Waals surface area contributed by atoms with Gasteiger partial charge in [0.25, 0.3) is 0 Å². The maximum Gasteiger partial charge on any atom is 0.242 e. The molecule has 8 heteroatoms. The number of fused-ring (bicyclic) bond motifs is 1. The fourth-order valence-electron chi connectivity index (χ4n) is 3.02. The molecule has 30 heavy (non-hydrogen) atoms. The predicted molar refractivity (Wildman–Crippen MR) is 121 cm³/mol. The molecule has 0 radical (unpaired) electrons. The van der Waals surface area contributed by atoms with E-state index in [1.807, 2.05) is 19.1 Å². The van der Waals surface area contributed by atoms with E-state index in [0.717, 1.165) is 5.56 Å². The highest BCUT2D eigenvalue weighted by Crippen LogP contribution is 2.20. The van der Waals surface area contributed by atoms with Crippen LogP contribution in [0.15, 0.2) is 76.9 Å². The van der Waals surface area contributed by atoms with Gasteiger partial charge in [-0.25, -0.2) is 13.1 Å². The van der Waals surface area contributed by atoms with Crippen LogP contribution in [-0.4, -0.2) is 39.0 Å². The molecule has 0 aliphatic heterocycles. The third-order valence-electron chi connectivity index (χ3n) is 4.59. The van der Waals surface area contributed by atoms with E-state index in [4.69, 9.17) is 0 Å². The molecule has 0 spiro atoms. The van der Waals surface area contributed by atoms with Gasteiger partial charge < -0.3 is 10.6 Å². The van der Waals surface area contributed by atoms with Crippen molar-refractivity contribution in [1.82, 2.24) is 20.3 Å². The molecule has 0 saturated heterocycles. The summed E-state index contributed by atoms with van der Waals surface area (Å²) >= 11 is 0. The zero-order valence-electron chi connectivity index (χ0n) is 17.2. The second-order valence-electron chi connectivity index (χ2n) is 6.82. The van der Waals surface area contributed by atoms with Gasteiger partial charge >= 0.3 is 0 Å². The third kappa shape index (κ3) is 5.77. The highest BCUT2D eigenvalue weighted by molar-refractivity contribution is 7.89. The van der Waals surface area contributed by atoms with E-state index in [1.165, 1.54) is 29.2 Å². The highest BCUT2D eigenvalue weighted by Gasteiger charge is 2.13. The molecule has 0 aliphatic carbocycles. The third-order valence-corrected chi connectivity index (χ3v) is 6.04. The Labute approximate surface area is 177 Å². The first kappa shape index (κ1) is 21.7. The quantitative estimate of drug-likeness (QED) is 0.293. The van der Waals surface area contributed by atoms with E-state index < -0.39 is 10.0 Å². The molecule has 7 nitrogen and oxygen atoms in total. The summed E-state index contributed by atoms with van der Waals surface area (Å²) in [5.74, 6) is 0.638. The summed E-state index contributed by atoms with van der Waals surface area (Å²) in [5.41, 5.74) is 1.15. The molecule has 0 amide bonds.